The Kier molecular flexibility index (Phi) is 4.73. The van der Waals surface area contributed by atoms with Gasteiger partial charge in [0.1, 0.15) is 10.1 Å². The molecule has 0 spiro atoms. The number of hydrogen-bond donors (Lipinski definition) is 0. The van der Waals surface area contributed by atoms with E-state index in [4.69, 9.17) is 17.0 Å². The van der Waals surface area contributed by atoms with Crippen LogP contribution in [-0.2, 0) is 11.3 Å². The van der Waals surface area contributed by atoms with Crippen LogP contribution in [0.15, 0.2) is 53.7 Å². The topological polar surface area (TPSA) is 42.4 Å². The first kappa shape index (κ1) is 15.7. The molecule has 0 bridgehead atoms. The van der Waals surface area contributed by atoms with Crippen molar-refractivity contribution in [1.29, 1.82) is 0 Å². The maximum Gasteiger partial charge on any atom is 0.266 e. The van der Waals surface area contributed by atoms with Gasteiger partial charge in [-0.2, -0.15) is 0 Å². The number of thiocarbonyl (C=S) groups is 1. The molecule has 0 N–H and O–H groups in total. The fourth-order valence-corrected chi connectivity index (χ4v) is 3.42. The van der Waals surface area contributed by atoms with Crippen LogP contribution in [0.2, 0.25) is 0 Å². The number of amides is 1. The summed E-state index contributed by atoms with van der Waals surface area (Å²) >= 11 is 6.68. The molecule has 3 rings (SSSR count). The Balaban J connectivity index is 1.77. The van der Waals surface area contributed by atoms with Gasteiger partial charge >= 0.3 is 0 Å². The minimum Gasteiger partial charge on any atom is -0.497 e. The average Bonchev–Trinajstić information content (AvgIpc) is 2.84. The number of nitrogens with zero attached hydrogens (tertiary/aromatic N) is 2. The Bertz CT molecular complexity index is 758. The zero-order chi connectivity index (χ0) is 16.2. The fraction of sp³-hybridized carbons (Fsp3) is 0.118. The lowest BCUT2D eigenvalue weighted by Crippen LogP contribution is -2.27. The molecule has 1 aliphatic heterocycles. The van der Waals surface area contributed by atoms with Crippen molar-refractivity contribution >= 4 is 40.3 Å². The minimum atomic E-state index is -0.0624. The maximum absolute atomic E-state index is 12.6. The zero-order valence-corrected chi connectivity index (χ0v) is 14.1. The van der Waals surface area contributed by atoms with E-state index in [-0.39, 0.29) is 5.91 Å². The van der Waals surface area contributed by atoms with Gasteiger partial charge in [0.2, 0.25) is 0 Å². The molecule has 2 heterocycles. The number of carbonyl (C=O) groups is 1. The van der Waals surface area contributed by atoms with Crippen molar-refractivity contribution in [1.82, 2.24) is 9.88 Å². The van der Waals surface area contributed by atoms with Crippen molar-refractivity contribution in [2.75, 3.05) is 7.11 Å². The Morgan fingerprint density at radius 2 is 1.91 bits per heavy atom. The van der Waals surface area contributed by atoms with E-state index in [0.717, 1.165) is 16.9 Å². The van der Waals surface area contributed by atoms with Crippen LogP contribution < -0.4 is 4.74 Å². The highest BCUT2D eigenvalue weighted by Crippen LogP contribution is 2.33. The van der Waals surface area contributed by atoms with Gasteiger partial charge < -0.3 is 4.74 Å². The number of rotatable bonds is 4. The van der Waals surface area contributed by atoms with Crippen molar-refractivity contribution in [3.8, 4) is 5.75 Å². The second-order valence-electron chi connectivity index (χ2n) is 4.90. The van der Waals surface area contributed by atoms with E-state index in [2.05, 4.69) is 4.98 Å². The van der Waals surface area contributed by atoms with Crippen LogP contribution in [0.4, 0.5) is 0 Å². The van der Waals surface area contributed by atoms with Crippen LogP contribution in [0.25, 0.3) is 6.08 Å². The highest BCUT2D eigenvalue weighted by Gasteiger charge is 2.31. The third-order valence-corrected chi connectivity index (χ3v) is 4.75. The molecule has 1 fully saturated rings. The number of aromatic nitrogens is 1. The lowest BCUT2D eigenvalue weighted by atomic mass is 10.2. The van der Waals surface area contributed by atoms with E-state index in [1.165, 1.54) is 11.8 Å². The highest BCUT2D eigenvalue weighted by atomic mass is 32.2. The summed E-state index contributed by atoms with van der Waals surface area (Å²) < 4.78 is 5.72. The van der Waals surface area contributed by atoms with Crippen LogP contribution in [0, 0.1) is 0 Å². The molecule has 4 nitrogen and oxygen atoms in total. The molecule has 2 aromatic rings. The number of benzene rings is 1. The van der Waals surface area contributed by atoms with Crippen LogP contribution >= 0.6 is 24.0 Å². The minimum absolute atomic E-state index is 0.0624. The summed E-state index contributed by atoms with van der Waals surface area (Å²) in [7, 11) is 1.63. The van der Waals surface area contributed by atoms with Gasteiger partial charge in [-0.3, -0.25) is 14.7 Å². The van der Waals surface area contributed by atoms with Crippen LogP contribution in [0.1, 0.15) is 11.1 Å². The van der Waals surface area contributed by atoms with Gasteiger partial charge in [-0.15, -0.1) is 0 Å². The maximum atomic E-state index is 12.6. The number of hydrogen-bond acceptors (Lipinski definition) is 5. The molecule has 0 unspecified atom stereocenters. The largest absolute Gasteiger partial charge is 0.497 e. The summed E-state index contributed by atoms with van der Waals surface area (Å²) in [5.74, 6) is 0.726. The Hall–Kier alpha value is -2.18. The lowest BCUT2D eigenvalue weighted by molar-refractivity contribution is -0.122. The summed E-state index contributed by atoms with van der Waals surface area (Å²) in [5, 5.41) is 0. The molecule has 1 aromatic heterocycles. The van der Waals surface area contributed by atoms with E-state index >= 15 is 0 Å². The van der Waals surface area contributed by atoms with Gasteiger partial charge in [-0.1, -0.05) is 36.1 Å². The SMILES string of the molecule is COc1ccc(CN2C(=O)C(=Cc3ccncc3)SC2=S)cc1. The molecule has 1 saturated heterocycles. The molecule has 23 heavy (non-hydrogen) atoms. The van der Waals surface area contributed by atoms with E-state index in [1.807, 2.05) is 42.5 Å². The molecule has 1 aromatic carbocycles. The molecular formula is C17H14N2O2S2. The van der Waals surface area contributed by atoms with Crippen molar-refractivity contribution in [2.24, 2.45) is 0 Å². The zero-order valence-electron chi connectivity index (χ0n) is 12.4. The third kappa shape index (κ3) is 3.60. The predicted molar refractivity (Wildman–Crippen MR) is 95.9 cm³/mol. The molecule has 0 aliphatic carbocycles. The Labute approximate surface area is 144 Å². The quantitative estimate of drug-likeness (QED) is 0.628. The first-order valence-corrected chi connectivity index (χ1v) is 8.18. The Morgan fingerprint density at radius 1 is 1.22 bits per heavy atom. The number of ether oxygens (including phenoxy) is 1. The smallest absolute Gasteiger partial charge is 0.266 e. The van der Waals surface area contributed by atoms with Crippen molar-refractivity contribution < 1.29 is 9.53 Å². The molecule has 116 valence electrons. The normalized spacial score (nSPS) is 16.2. The molecular weight excluding hydrogens is 328 g/mol. The second kappa shape index (κ2) is 6.93. The monoisotopic (exact) mass is 342 g/mol. The number of thioether (sulfide) groups is 1. The standard InChI is InChI=1S/C17H14N2O2S2/c1-21-14-4-2-13(3-5-14)11-19-16(20)15(23-17(19)22)10-12-6-8-18-9-7-12/h2-10H,11H2,1H3. The van der Waals surface area contributed by atoms with Gasteiger partial charge in [0.25, 0.3) is 5.91 Å². The van der Waals surface area contributed by atoms with Gasteiger partial charge in [-0.05, 0) is 41.5 Å². The molecule has 6 heteroatoms. The van der Waals surface area contributed by atoms with Crippen molar-refractivity contribution in [3.05, 3.63) is 64.8 Å². The van der Waals surface area contributed by atoms with E-state index in [1.54, 1.807) is 24.4 Å². The van der Waals surface area contributed by atoms with Gasteiger partial charge in [0, 0.05) is 12.4 Å². The fourth-order valence-electron chi connectivity index (χ4n) is 2.16. The molecule has 0 saturated carbocycles. The second-order valence-corrected chi connectivity index (χ2v) is 6.57. The lowest BCUT2D eigenvalue weighted by Gasteiger charge is -2.14. The molecule has 0 atom stereocenters. The van der Waals surface area contributed by atoms with Crippen LogP contribution in [-0.4, -0.2) is 27.2 Å². The summed E-state index contributed by atoms with van der Waals surface area (Å²) in [6.07, 6.45) is 5.24. The predicted octanol–water partition coefficient (Wildman–Crippen LogP) is 3.49. The first-order valence-electron chi connectivity index (χ1n) is 6.95. The number of carbonyl (C=O) groups excluding carboxylic acids is 1. The Morgan fingerprint density at radius 3 is 2.57 bits per heavy atom. The van der Waals surface area contributed by atoms with Gasteiger partial charge in [0.05, 0.1) is 18.6 Å². The number of pyridine rings is 1. The molecule has 1 amide bonds. The summed E-state index contributed by atoms with van der Waals surface area (Å²) in [6, 6.07) is 11.3. The van der Waals surface area contributed by atoms with E-state index in [9.17, 15) is 4.79 Å². The third-order valence-electron chi connectivity index (χ3n) is 3.38. The van der Waals surface area contributed by atoms with Crippen LogP contribution in [0.5, 0.6) is 5.75 Å². The highest BCUT2D eigenvalue weighted by molar-refractivity contribution is 8.26. The van der Waals surface area contributed by atoms with Crippen LogP contribution in [0.3, 0.4) is 0 Å². The van der Waals surface area contributed by atoms with Crippen molar-refractivity contribution in [2.45, 2.75) is 6.54 Å². The van der Waals surface area contributed by atoms with E-state index < -0.39 is 0 Å². The molecule has 1 aliphatic rings. The average molecular weight is 342 g/mol. The molecule has 0 radical (unpaired) electrons. The summed E-state index contributed by atoms with van der Waals surface area (Å²) in [4.78, 5) is 18.8. The first-order chi connectivity index (χ1) is 11.2. The summed E-state index contributed by atoms with van der Waals surface area (Å²) in [5.41, 5.74) is 1.94. The van der Waals surface area contributed by atoms with Gasteiger partial charge in [0.15, 0.2) is 0 Å². The van der Waals surface area contributed by atoms with Crippen molar-refractivity contribution in [3.63, 3.8) is 0 Å². The van der Waals surface area contributed by atoms with E-state index in [0.29, 0.717) is 15.8 Å². The van der Waals surface area contributed by atoms with Gasteiger partial charge in [-0.25, -0.2) is 0 Å². The number of methoxy groups -OCH3 is 1. The summed E-state index contributed by atoms with van der Waals surface area (Å²) in [6.45, 7) is 0.461.